The topological polar surface area (TPSA) is 64.6 Å². The van der Waals surface area contributed by atoms with Crippen molar-refractivity contribution < 1.29 is 19.1 Å². The van der Waals surface area contributed by atoms with Gasteiger partial charge in [0.1, 0.15) is 5.75 Å². The first-order chi connectivity index (χ1) is 10.2. The van der Waals surface area contributed by atoms with E-state index in [2.05, 4.69) is 0 Å². The number of hydrogen-bond acceptors (Lipinski definition) is 3. The van der Waals surface area contributed by atoms with Crippen LogP contribution >= 0.6 is 0 Å². The molecule has 108 valence electrons. The van der Waals surface area contributed by atoms with Crippen LogP contribution in [-0.2, 0) is 6.54 Å². The molecule has 5 heteroatoms. The Hall–Kier alpha value is -2.69. The van der Waals surface area contributed by atoms with Gasteiger partial charge in [-0.2, -0.15) is 0 Å². The first-order valence-electron chi connectivity index (χ1n) is 6.71. The molecule has 3 aromatic rings. The molecule has 21 heavy (non-hydrogen) atoms. The molecule has 2 aromatic heterocycles. The zero-order chi connectivity index (χ0) is 14.8. The normalized spacial score (nSPS) is 10.9. The molecule has 0 saturated carbocycles. The minimum absolute atomic E-state index is 0.0159. The van der Waals surface area contributed by atoms with Gasteiger partial charge in [-0.05, 0) is 31.2 Å². The molecule has 0 amide bonds. The Morgan fingerprint density at radius 2 is 2.19 bits per heavy atom. The third-order valence-electron chi connectivity index (χ3n) is 3.36. The standard InChI is InChI=1S/C16H15NO4/c1-2-20-14-5-3-4-13-12(14)6-8-17(13)10-11-7-9-21-15(11)16(18)19/h3-9H,2,10H2,1H3,(H,18,19). The maximum atomic E-state index is 11.1. The molecule has 0 aliphatic carbocycles. The van der Waals surface area contributed by atoms with Gasteiger partial charge >= 0.3 is 5.97 Å². The van der Waals surface area contributed by atoms with Crippen LogP contribution < -0.4 is 4.74 Å². The number of nitrogens with zero attached hydrogens (tertiary/aromatic N) is 1. The fourth-order valence-electron chi connectivity index (χ4n) is 2.45. The van der Waals surface area contributed by atoms with Crippen LogP contribution in [0.1, 0.15) is 23.0 Å². The van der Waals surface area contributed by atoms with Gasteiger partial charge in [0.2, 0.25) is 5.76 Å². The molecule has 2 heterocycles. The highest BCUT2D eigenvalue weighted by atomic mass is 16.5. The lowest BCUT2D eigenvalue weighted by atomic mass is 10.2. The summed E-state index contributed by atoms with van der Waals surface area (Å²) in [6.45, 7) is 2.99. The van der Waals surface area contributed by atoms with E-state index in [1.807, 2.05) is 42.0 Å². The van der Waals surface area contributed by atoms with Crippen LogP contribution in [0, 0.1) is 0 Å². The molecule has 0 unspecified atom stereocenters. The number of fused-ring (bicyclic) bond motifs is 1. The Kier molecular flexibility index (Phi) is 3.39. The van der Waals surface area contributed by atoms with Crippen LogP contribution in [0.2, 0.25) is 0 Å². The summed E-state index contributed by atoms with van der Waals surface area (Å²) < 4.78 is 12.6. The van der Waals surface area contributed by atoms with Crippen LogP contribution in [0.15, 0.2) is 47.2 Å². The Labute approximate surface area is 121 Å². The number of carbonyl (C=O) groups is 1. The zero-order valence-corrected chi connectivity index (χ0v) is 11.6. The molecule has 1 N–H and O–H groups in total. The number of rotatable bonds is 5. The Morgan fingerprint density at radius 1 is 1.33 bits per heavy atom. The third kappa shape index (κ3) is 2.38. The van der Waals surface area contributed by atoms with Crippen molar-refractivity contribution in [1.29, 1.82) is 0 Å². The van der Waals surface area contributed by atoms with E-state index >= 15 is 0 Å². The zero-order valence-electron chi connectivity index (χ0n) is 11.6. The highest BCUT2D eigenvalue weighted by Gasteiger charge is 2.15. The summed E-state index contributed by atoms with van der Waals surface area (Å²) in [5, 5.41) is 10.1. The monoisotopic (exact) mass is 285 g/mol. The number of aromatic carboxylic acids is 1. The minimum Gasteiger partial charge on any atom is -0.493 e. The van der Waals surface area contributed by atoms with Crippen LogP contribution in [0.3, 0.4) is 0 Å². The number of carboxylic acid groups (broad SMARTS) is 1. The van der Waals surface area contributed by atoms with E-state index < -0.39 is 5.97 Å². The molecule has 1 aromatic carbocycles. The van der Waals surface area contributed by atoms with Crippen LogP contribution in [0.25, 0.3) is 10.9 Å². The average Bonchev–Trinajstić information content (AvgIpc) is 3.08. The minimum atomic E-state index is -1.05. The number of carboxylic acids is 1. The van der Waals surface area contributed by atoms with Gasteiger partial charge in [0.15, 0.2) is 0 Å². The van der Waals surface area contributed by atoms with Gasteiger partial charge in [-0.25, -0.2) is 4.79 Å². The van der Waals surface area contributed by atoms with E-state index in [9.17, 15) is 4.79 Å². The van der Waals surface area contributed by atoms with Gasteiger partial charge in [-0.1, -0.05) is 6.07 Å². The maximum Gasteiger partial charge on any atom is 0.372 e. The highest BCUT2D eigenvalue weighted by molar-refractivity contribution is 5.87. The lowest BCUT2D eigenvalue weighted by Gasteiger charge is -2.07. The lowest BCUT2D eigenvalue weighted by molar-refractivity contribution is 0.0660. The Bertz CT molecular complexity index is 785. The fraction of sp³-hybridized carbons (Fsp3) is 0.188. The van der Waals surface area contributed by atoms with Crippen LogP contribution in [0.4, 0.5) is 0 Å². The molecule has 0 aliphatic rings. The fourth-order valence-corrected chi connectivity index (χ4v) is 2.45. The van der Waals surface area contributed by atoms with Crippen molar-refractivity contribution in [2.24, 2.45) is 0 Å². The molecule has 0 spiro atoms. The number of furan rings is 1. The van der Waals surface area contributed by atoms with Gasteiger partial charge < -0.3 is 18.8 Å². The summed E-state index contributed by atoms with van der Waals surface area (Å²) >= 11 is 0. The second-order valence-electron chi connectivity index (χ2n) is 4.65. The van der Waals surface area contributed by atoms with E-state index in [0.29, 0.717) is 18.7 Å². The molecular formula is C16H15NO4. The predicted octanol–water partition coefficient (Wildman–Crippen LogP) is 3.38. The molecule has 0 radical (unpaired) electrons. The molecule has 3 rings (SSSR count). The van der Waals surface area contributed by atoms with Crippen molar-refractivity contribution in [3.8, 4) is 5.75 Å². The van der Waals surface area contributed by atoms with Gasteiger partial charge in [0.05, 0.1) is 24.9 Å². The van der Waals surface area contributed by atoms with E-state index in [1.54, 1.807) is 6.07 Å². The summed E-state index contributed by atoms with van der Waals surface area (Å²) in [5.41, 5.74) is 1.64. The molecular weight excluding hydrogens is 270 g/mol. The SMILES string of the molecule is CCOc1cccc2c1ccn2Cc1ccoc1C(=O)O. The summed E-state index contributed by atoms with van der Waals surface area (Å²) in [5.74, 6) is -0.237. The van der Waals surface area contributed by atoms with Gasteiger partial charge in [-0.3, -0.25) is 0 Å². The summed E-state index contributed by atoms with van der Waals surface area (Å²) in [6, 6.07) is 9.49. The summed E-state index contributed by atoms with van der Waals surface area (Å²) in [6.07, 6.45) is 3.32. The van der Waals surface area contributed by atoms with Gasteiger partial charge in [-0.15, -0.1) is 0 Å². The third-order valence-corrected chi connectivity index (χ3v) is 3.36. The molecule has 0 saturated heterocycles. The number of ether oxygens (including phenoxy) is 1. The molecule has 0 bridgehead atoms. The predicted molar refractivity (Wildman–Crippen MR) is 77.9 cm³/mol. The van der Waals surface area contributed by atoms with Crippen LogP contribution in [-0.4, -0.2) is 22.2 Å². The Balaban J connectivity index is 2.00. The van der Waals surface area contributed by atoms with Crippen molar-refractivity contribution in [3.63, 3.8) is 0 Å². The summed E-state index contributed by atoms with van der Waals surface area (Å²) in [4.78, 5) is 11.1. The molecule has 5 nitrogen and oxygen atoms in total. The van der Waals surface area contributed by atoms with Crippen molar-refractivity contribution >= 4 is 16.9 Å². The number of benzene rings is 1. The van der Waals surface area contributed by atoms with Crippen molar-refractivity contribution in [2.75, 3.05) is 6.61 Å². The summed E-state index contributed by atoms with van der Waals surface area (Å²) in [7, 11) is 0. The lowest BCUT2D eigenvalue weighted by Crippen LogP contribution is -2.03. The molecule has 0 atom stereocenters. The largest absolute Gasteiger partial charge is 0.493 e. The van der Waals surface area contributed by atoms with Crippen molar-refractivity contribution in [3.05, 3.63) is 54.1 Å². The van der Waals surface area contributed by atoms with E-state index in [-0.39, 0.29) is 5.76 Å². The van der Waals surface area contributed by atoms with E-state index in [4.69, 9.17) is 14.3 Å². The second kappa shape index (κ2) is 5.36. The van der Waals surface area contributed by atoms with E-state index in [0.717, 1.165) is 16.7 Å². The second-order valence-corrected chi connectivity index (χ2v) is 4.65. The molecule has 0 aliphatic heterocycles. The maximum absolute atomic E-state index is 11.1. The van der Waals surface area contributed by atoms with Gasteiger partial charge in [0.25, 0.3) is 0 Å². The number of hydrogen-bond donors (Lipinski definition) is 1. The first-order valence-corrected chi connectivity index (χ1v) is 6.71. The van der Waals surface area contributed by atoms with Crippen molar-refractivity contribution in [1.82, 2.24) is 4.57 Å². The van der Waals surface area contributed by atoms with E-state index in [1.165, 1.54) is 6.26 Å². The number of aromatic nitrogens is 1. The highest BCUT2D eigenvalue weighted by Crippen LogP contribution is 2.27. The molecule has 0 fully saturated rings. The first kappa shape index (κ1) is 13.3. The average molecular weight is 285 g/mol. The van der Waals surface area contributed by atoms with Crippen molar-refractivity contribution in [2.45, 2.75) is 13.5 Å². The van der Waals surface area contributed by atoms with Gasteiger partial charge in [0, 0.05) is 17.1 Å². The smallest absolute Gasteiger partial charge is 0.372 e. The van der Waals surface area contributed by atoms with Crippen LogP contribution in [0.5, 0.6) is 5.75 Å². The Morgan fingerprint density at radius 3 is 2.95 bits per heavy atom. The quantitative estimate of drug-likeness (QED) is 0.780.